The van der Waals surface area contributed by atoms with E-state index in [1.165, 1.54) is 0 Å². The minimum absolute atomic E-state index is 0.388. The second-order valence-corrected chi connectivity index (χ2v) is 3.06. The van der Waals surface area contributed by atoms with Crippen LogP contribution in [0.5, 0.6) is 0 Å². The first-order valence-electron chi connectivity index (χ1n) is 3.98. The van der Waals surface area contributed by atoms with Crippen LogP contribution in [0, 0.1) is 0 Å². The van der Waals surface area contributed by atoms with Crippen LogP contribution in [0.15, 0.2) is 36.2 Å². The Morgan fingerprint density at radius 3 is 2.46 bits per heavy atom. The number of hydrogen-bond acceptors (Lipinski definition) is 0. The predicted octanol–water partition coefficient (Wildman–Crippen LogP) is 3.40. The van der Waals surface area contributed by atoms with Gasteiger partial charge in [-0.2, -0.15) is 8.78 Å². The van der Waals surface area contributed by atoms with E-state index in [9.17, 15) is 13.2 Å². The number of hydrogen-bond donors (Lipinski definition) is 0. The van der Waals surface area contributed by atoms with Crippen molar-refractivity contribution in [3.8, 4) is 0 Å². The molecule has 1 aliphatic carbocycles. The molecule has 0 amide bonds. The Morgan fingerprint density at radius 2 is 1.85 bits per heavy atom. The predicted molar refractivity (Wildman–Crippen MR) is 43.2 cm³/mol. The summed E-state index contributed by atoms with van der Waals surface area (Å²) in [5.74, 6) is -1.99. The molecule has 1 aromatic rings. The molecule has 0 spiro atoms. The van der Waals surface area contributed by atoms with E-state index < -0.39 is 17.8 Å². The number of fused-ring (bicyclic) bond motifs is 1. The topological polar surface area (TPSA) is 0 Å². The smallest absolute Gasteiger partial charge is 0.205 e. The molecule has 13 heavy (non-hydrogen) atoms. The van der Waals surface area contributed by atoms with Gasteiger partial charge in [-0.05, 0) is 17.5 Å². The second kappa shape index (κ2) is 2.91. The molecular formula is C10H7F3. The molecule has 68 valence electrons. The Hall–Kier alpha value is -1.25. The van der Waals surface area contributed by atoms with Crippen LogP contribution in [-0.4, -0.2) is 0 Å². The molecule has 1 aromatic carbocycles. The van der Waals surface area contributed by atoms with Crippen LogP contribution >= 0.6 is 0 Å². The van der Waals surface area contributed by atoms with Gasteiger partial charge in [0.15, 0.2) is 5.83 Å². The van der Waals surface area contributed by atoms with Crippen LogP contribution in [0.4, 0.5) is 13.2 Å². The average Bonchev–Trinajstić information content (AvgIpc) is 2.06. The summed E-state index contributed by atoms with van der Waals surface area (Å²) < 4.78 is 36.6. The van der Waals surface area contributed by atoms with Crippen LogP contribution in [0.3, 0.4) is 0 Å². The molecule has 0 heterocycles. The monoisotopic (exact) mass is 184 g/mol. The van der Waals surface area contributed by atoms with Gasteiger partial charge in [-0.25, -0.2) is 4.39 Å². The van der Waals surface area contributed by atoms with Crippen LogP contribution in [-0.2, 0) is 6.42 Å². The largest absolute Gasteiger partial charge is 0.302 e. The van der Waals surface area contributed by atoms with Gasteiger partial charge < -0.3 is 0 Å². The van der Waals surface area contributed by atoms with Crippen LogP contribution in [0.1, 0.15) is 17.0 Å². The van der Waals surface area contributed by atoms with E-state index in [2.05, 4.69) is 0 Å². The summed E-state index contributed by atoms with van der Waals surface area (Å²) in [6.07, 6.45) is -1.81. The van der Waals surface area contributed by atoms with E-state index in [4.69, 9.17) is 0 Å². The molecule has 0 bridgehead atoms. The molecule has 2 rings (SSSR count). The zero-order valence-corrected chi connectivity index (χ0v) is 6.73. The van der Waals surface area contributed by atoms with Gasteiger partial charge in [-0.1, -0.05) is 24.3 Å². The highest BCUT2D eigenvalue weighted by atomic mass is 19.3. The van der Waals surface area contributed by atoms with Crippen molar-refractivity contribution in [2.75, 3.05) is 0 Å². The molecule has 0 saturated carbocycles. The Kier molecular flexibility index (Phi) is 1.87. The third kappa shape index (κ3) is 1.24. The number of benzene rings is 1. The van der Waals surface area contributed by atoms with E-state index >= 15 is 0 Å². The molecule has 0 saturated heterocycles. The molecule has 1 unspecified atom stereocenters. The Labute approximate surface area is 73.7 Å². The lowest BCUT2D eigenvalue weighted by molar-refractivity contribution is 0.354. The molecule has 1 aliphatic rings. The lowest BCUT2D eigenvalue weighted by atomic mass is 9.77. The van der Waals surface area contributed by atoms with Crippen molar-refractivity contribution in [1.29, 1.82) is 0 Å². The first kappa shape index (κ1) is 8.35. The van der Waals surface area contributed by atoms with Crippen molar-refractivity contribution in [1.82, 2.24) is 0 Å². The maximum Gasteiger partial charge on any atom is 0.302 e. The molecule has 0 aromatic heterocycles. The van der Waals surface area contributed by atoms with Crippen molar-refractivity contribution >= 4 is 0 Å². The highest BCUT2D eigenvalue weighted by Crippen LogP contribution is 2.41. The second-order valence-electron chi connectivity index (χ2n) is 3.06. The van der Waals surface area contributed by atoms with Gasteiger partial charge in [0.2, 0.25) is 0 Å². The summed E-state index contributed by atoms with van der Waals surface area (Å²) >= 11 is 0. The van der Waals surface area contributed by atoms with Gasteiger partial charge in [-0.3, -0.25) is 0 Å². The van der Waals surface area contributed by atoms with Gasteiger partial charge in [0.1, 0.15) is 0 Å². The molecule has 0 fully saturated rings. The highest BCUT2D eigenvalue weighted by Gasteiger charge is 2.31. The zero-order valence-electron chi connectivity index (χ0n) is 6.73. The van der Waals surface area contributed by atoms with E-state index in [1.807, 2.05) is 12.1 Å². The summed E-state index contributed by atoms with van der Waals surface area (Å²) in [6.45, 7) is 0. The third-order valence-corrected chi connectivity index (χ3v) is 2.34. The van der Waals surface area contributed by atoms with Gasteiger partial charge in [0.25, 0.3) is 0 Å². The van der Waals surface area contributed by atoms with Crippen molar-refractivity contribution in [3.05, 3.63) is 47.3 Å². The molecular weight excluding hydrogens is 177 g/mol. The Balaban J connectivity index is 2.32. The van der Waals surface area contributed by atoms with Crippen molar-refractivity contribution in [3.63, 3.8) is 0 Å². The van der Waals surface area contributed by atoms with E-state index in [1.54, 1.807) is 12.1 Å². The van der Waals surface area contributed by atoms with Crippen LogP contribution < -0.4 is 0 Å². The minimum Gasteiger partial charge on any atom is -0.205 e. The summed E-state index contributed by atoms with van der Waals surface area (Å²) in [4.78, 5) is 0. The standard InChI is InChI=1S/C10H7F3/c11-9(10(12)13)8-5-6-3-1-2-4-7(6)8/h1-4,8H,5H2. The first-order chi connectivity index (χ1) is 6.20. The van der Waals surface area contributed by atoms with E-state index in [-0.39, 0.29) is 0 Å². The highest BCUT2D eigenvalue weighted by molar-refractivity contribution is 5.44. The maximum absolute atomic E-state index is 12.8. The lowest BCUT2D eigenvalue weighted by Gasteiger charge is -2.27. The summed E-state index contributed by atoms with van der Waals surface area (Å²) in [5, 5.41) is 0. The van der Waals surface area contributed by atoms with Gasteiger partial charge in [0.05, 0.1) is 0 Å². The average molecular weight is 184 g/mol. The minimum atomic E-state index is -2.19. The molecule has 1 atom stereocenters. The van der Waals surface area contributed by atoms with Gasteiger partial charge in [0, 0.05) is 5.92 Å². The summed E-state index contributed by atoms with van der Waals surface area (Å²) in [5.41, 5.74) is 1.65. The summed E-state index contributed by atoms with van der Waals surface area (Å²) in [7, 11) is 0. The fraction of sp³-hybridized carbons (Fsp3) is 0.200. The summed E-state index contributed by atoms with van der Waals surface area (Å²) in [6, 6.07) is 7.07. The third-order valence-electron chi connectivity index (χ3n) is 2.34. The molecule has 0 N–H and O–H groups in total. The van der Waals surface area contributed by atoms with Gasteiger partial charge in [-0.15, -0.1) is 0 Å². The molecule has 0 nitrogen and oxygen atoms in total. The van der Waals surface area contributed by atoms with Crippen molar-refractivity contribution < 1.29 is 13.2 Å². The number of rotatable bonds is 1. The van der Waals surface area contributed by atoms with E-state index in [0.717, 1.165) is 5.56 Å². The molecule has 0 radical (unpaired) electrons. The normalized spacial score (nSPS) is 18.8. The van der Waals surface area contributed by atoms with Gasteiger partial charge >= 0.3 is 6.08 Å². The van der Waals surface area contributed by atoms with E-state index in [0.29, 0.717) is 12.0 Å². The Morgan fingerprint density at radius 1 is 1.15 bits per heavy atom. The number of halogens is 3. The lowest BCUT2D eigenvalue weighted by Crippen LogP contribution is -2.17. The molecule has 0 aliphatic heterocycles. The fourth-order valence-corrected chi connectivity index (χ4v) is 1.62. The van der Waals surface area contributed by atoms with Crippen molar-refractivity contribution in [2.45, 2.75) is 12.3 Å². The first-order valence-corrected chi connectivity index (χ1v) is 3.98. The molecule has 3 heteroatoms. The van der Waals surface area contributed by atoms with Crippen molar-refractivity contribution in [2.24, 2.45) is 0 Å². The zero-order chi connectivity index (χ0) is 9.42. The quantitative estimate of drug-likeness (QED) is 0.627. The number of allylic oxidation sites excluding steroid dienone is 1. The van der Waals surface area contributed by atoms with Crippen LogP contribution in [0.25, 0.3) is 0 Å². The fourth-order valence-electron chi connectivity index (χ4n) is 1.62. The van der Waals surface area contributed by atoms with Crippen LogP contribution in [0.2, 0.25) is 0 Å². The SMILES string of the molecule is FC(F)=C(F)C1Cc2ccccc21. The Bertz CT molecular complexity index is 364. The maximum atomic E-state index is 12.8.